The Labute approximate surface area is 101 Å². The highest BCUT2D eigenvalue weighted by atomic mass is 16.3. The standard InChI is InChI=1S/C15H14O2/c1-10-7-14(8-11(2)15(10)17)13-5-3-12(9-16)4-6-13/h3-9,17H,1-2H3. The summed E-state index contributed by atoms with van der Waals surface area (Å²) in [5.41, 5.74) is 4.48. The molecule has 0 saturated carbocycles. The second-order valence-corrected chi connectivity index (χ2v) is 4.20. The van der Waals surface area contributed by atoms with Crippen LogP contribution in [-0.2, 0) is 0 Å². The summed E-state index contributed by atoms with van der Waals surface area (Å²) in [6, 6.07) is 11.3. The van der Waals surface area contributed by atoms with Gasteiger partial charge in [-0.05, 0) is 48.2 Å². The highest BCUT2D eigenvalue weighted by Crippen LogP contribution is 2.29. The van der Waals surface area contributed by atoms with Gasteiger partial charge in [0.25, 0.3) is 0 Å². The Hall–Kier alpha value is -2.09. The van der Waals surface area contributed by atoms with E-state index in [1.54, 1.807) is 12.1 Å². The zero-order chi connectivity index (χ0) is 12.4. The molecule has 0 amide bonds. The number of phenolic OH excluding ortho intramolecular Hbond substituents is 1. The summed E-state index contributed by atoms with van der Waals surface area (Å²) in [5.74, 6) is 0.346. The highest BCUT2D eigenvalue weighted by Gasteiger charge is 2.05. The van der Waals surface area contributed by atoms with E-state index in [1.807, 2.05) is 38.1 Å². The average Bonchev–Trinajstić information content (AvgIpc) is 2.35. The summed E-state index contributed by atoms with van der Waals surface area (Å²) in [6.07, 6.45) is 0.830. The van der Waals surface area contributed by atoms with Crippen LogP contribution in [0, 0.1) is 13.8 Å². The zero-order valence-corrected chi connectivity index (χ0v) is 9.90. The molecule has 0 aliphatic rings. The maximum absolute atomic E-state index is 10.6. The number of phenols is 1. The number of benzene rings is 2. The molecule has 1 N–H and O–H groups in total. The average molecular weight is 226 g/mol. The molecule has 2 aromatic rings. The minimum Gasteiger partial charge on any atom is -0.507 e. The van der Waals surface area contributed by atoms with Crippen molar-refractivity contribution in [3.8, 4) is 16.9 Å². The number of carbonyl (C=O) groups is 1. The summed E-state index contributed by atoms with van der Waals surface area (Å²) in [4.78, 5) is 10.6. The molecule has 0 radical (unpaired) electrons. The molecule has 2 rings (SSSR count). The topological polar surface area (TPSA) is 37.3 Å². The number of hydrogen-bond donors (Lipinski definition) is 1. The van der Waals surface area contributed by atoms with Gasteiger partial charge in [-0.1, -0.05) is 24.3 Å². The molecular formula is C15H14O2. The molecule has 2 aromatic carbocycles. The van der Waals surface area contributed by atoms with Gasteiger partial charge in [0.05, 0.1) is 0 Å². The minimum absolute atomic E-state index is 0.346. The summed E-state index contributed by atoms with van der Waals surface area (Å²) in [5, 5.41) is 9.71. The third-order valence-corrected chi connectivity index (χ3v) is 2.87. The largest absolute Gasteiger partial charge is 0.507 e. The number of aryl methyl sites for hydroxylation is 2. The third-order valence-electron chi connectivity index (χ3n) is 2.87. The van der Waals surface area contributed by atoms with E-state index in [2.05, 4.69) is 0 Å². The summed E-state index contributed by atoms with van der Waals surface area (Å²) in [7, 11) is 0. The Morgan fingerprint density at radius 2 is 1.47 bits per heavy atom. The quantitative estimate of drug-likeness (QED) is 0.796. The summed E-state index contributed by atoms with van der Waals surface area (Å²) in [6.45, 7) is 3.76. The monoisotopic (exact) mass is 226 g/mol. The molecule has 0 spiro atoms. The first-order chi connectivity index (χ1) is 8.11. The minimum atomic E-state index is 0.346. The number of aldehydes is 1. The third kappa shape index (κ3) is 2.21. The van der Waals surface area contributed by atoms with Gasteiger partial charge in [-0.15, -0.1) is 0 Å². The van der Waals surface area contributed by atoms with Crippen molar-refractivity contribution in [1.82, 2.24) is 0 Å². The lowest BCUT2D eigenvalue weighted by Gasteiger charge is -2.08. The second kappa shape index (κ2) is 4.42. The maximum Gasteiger partial charge on any atom is 0.150 e. The number of rotatable bonds is 2. The highest BCUT2D eigenvalue weighted by molar-refractivity contribution is 5.77. The molecule has 0 heterocycles. The number of carbonyl (C=O) groups excluding carboxylic acids is 1. The summed E-state index contributed by atoms with van der Waals surface area (Å²) >= 11 is 0. The van der Waals surface area contributed by atoms with E-state index < -0.39 is 0 Å². The Balaban J connectivity index is 2.49. The Morgan fingerprint density at radius 3 is 1.94 bits per heavy atom. The lowest BCUT2D eigenvalue weighted by Crippen LogP contribution is -1.86. The molecule has 0 unspecified atom stereocenters. The van der Waals surface area contributed by atoms with Crippen LogP contribution in [0.4, 0.5) is 0 Å². The Kier molecular flexibility index (Phi) is 2.96. The van der Waals surface area contributed by atoms with Gasteiger partial charge < -0.3 is 5.11 Å². The van der Waals surface area contributed by atoms with Gasteiger partial charge in [0.2, 0.25) is 0 Å². The Morgan fingerprint density at radius 1 is 0.941 bits per heavy atom. The van der Waals surface area contributed by atoms with E-state index in [9.17, 15) is 9.90 Å². The predicted octanol–water partition coefficient (Wildman–Crippen LogP) is 3.49. The van der Waals surface area contributed by atoms with Crippen LogP contribution in [0.15, 0.2) is 36.4 Å². The van der Waals surface area contributed by atoms with Crippen molar-refractivity contribution in [2.24, 2.45) is 0 Å². The first-order valence-corrected chi connectivity index (χ1v) is 5.47. The first kappa shape index (κ1) is 11.4. The lowest BCUT2D eigenvalue weighted by atomic mass is 9.99. The van der Waals surface area contributed by atoms with E-state index in [4.69, 9.17) is 0 Å². The molecule has 2 nitrogen and oxygen atoms in total. The van der Waals surface area contributed by atoms with Crippen LogP contribution in [0.25, 0.3) is 11.1 Å². The van der Waals surface area contributed by atoms with Crippen molar-refractivity contribution in [1.29, 1.82) is 0 Å². The fraction of sp³-hybridized carbons (Fsp3) is 0.133. The SMILES string of the molecule is Cc1cc(-c2ccc(C=O)cc2)cc(C)c1O. The molecule has 0 saturated heterocycles. The molecular weight excluding hydrogens is 212 g/mol. The van der Waals surface area contributed by atoms with Crippen LogP contribution >= 0.6 is 0 Å². The van der Waals surface area contributed by atoms with Crippen molar-refractivity contribution < 1.29 is 9.90 Å². The fourth-order valence-electron chi connectivity index (χ4n) is 1.88. The predicted molar refractivity (Wildman–Crippen MR) is 68.4 cm³/mol. The van der Waals surface area contributed by atoms with Crippen molar-refractivity contribution in [3.63, 3.8) is 0 Å². The van der Waals surface area contributed by atoms with E-state index in [-0.39, 0.29) is 0 Å². The molecule has 0 fully saturated rings. The van der Waals surface area contributed by atoms with Gasteiger partial charge >= 0.3 is 0 Å². The molecule has 0 atom stereocenters. The molecule has 2 heteroatoms. The number of hydrogen-bond acceptors (Lipinski definition) is 2. The van der Waals surface area contributed by atoms with Gasteiger partial charge in [-0.25, -0.2) is 0 Å². The van der Waals surface area contributed by atoms with Gasteiger partial charge in [-0.2, -0.15) is 0 Å². The lowest BCUT2D eigenvalue weighted by molar-refractivity contribution is 0.112. The molecule has 0 aromatic heterocycles. The second-order valence-electron chi connectivity index (χ2n) is 4.20. The number of aromatic hydroxyl groups is 1. The van der Waals surface area contributed by atoms with Crippen LogP contribution in [0.1, 0.15) is 21.5 Å². The first-order valence-electron chi connectivity index (χ1n) is 5.47. The van der Waals surface area contributed by atoms with Crippen LogP contribution in [-0.4, -0.2) is 11.4 Å². The van der Waals surface area contributed by atoms with Crippen molar-refractivity contribution in [2.45, 2.75) is 13.8 Å². The van der Waals surface area contributed by atoms with E-state index in [0.29, 0.717) is 11.3 Å². The Bertz CT molecular complexity index is 531. The van der Waals surface area contributed by atoms with Gasteiger partial charge in [0.1, 0.15) is 12.0 Å². The molecule has 17 heavy (non-hydrogen) atoms. The van der Waals surface area contributed by atoms with Gasteiger partial charge in [0, 0.05) is 5.56 Å². The van der Waals surface area contributed by atoms with Crippen LogP contribution < -0.4 is 0 Å². The van der Waals surface area contributed by atoms with E-state index in [0.717, 1.165) is 28.5 Å². The molecule has 0 aliphatic carbocycles. The van der Waals surface area contributed by atoms with Crippen molar-refractivity contribution >= 4 is 6.29 Å². The van der Waals surface area contributed by atoms with Crippen molar-refractivity contribution in [2.75, 3.05) is 0 Å². The zero-order valence-electron chi connectivity index (χ0n) is 9.90. The molecule has 86 valence electrons. The summed E-state index contributed by atoms with van der Waals surface area (Å²) < 4.78 is 0. The van der Waals surface area contributed by atoms with E-state index >= 15 is 0 Å². The molecule has 0 bridgehead atoms. The van der Waals surface area contributed by atoms with Gasteiger partial charge in [0.15, 0.2) is 0 Å². The van der Waals surface area contributed by atoms with Crippen LogP contribution in [0.2, 0.25) is 0 Å². The molecule has 0 aliphatic heterocycles. The smallest absolute Gasteiger partial charge is 0.150 e. The van der Waals surface area contributed by atoms with Crippen molar-refractivity contribution in [3.05, 3.63) is 53.1 Å². The van der Waals surface area contributed by atoms with Crippen LogP contribution in [0.3, 0.4) is 0 Å². The fourth-order valence-corrected chi connectivity index (χ4v) is 1.88. The maximum atomic E-state index is 10.6. The normalized spacial score (nSPS) is 10.2. The van der Waals surface area contributed by atoms with Gasteiger partial charge in [-0.3, -0.25) is 4.79 Å². The van der Waals surface area contributed by atoms with E-state index in [1.165, 1.54) is 0 Å². The van der Waals surface area contributed by atoms with Crippen LogP contribution in [0.5, 0.6) is 5.75 Å².